The van der Waals surface area contributed by atoms with Crippen molar-refractivity contribution in [1.29, 1.82) is 0 Å². The minimum absolute atomic E-state index is 0.243. The van der Waals surface area contributed by atoms with Crippen molar-refractivity contribution in [2.24, 2.45) is 5.73 Å². The molecule has 4 heterocycles. The fourth-order valence-corrected chi connectivity index (χ4v) is 4.04. The van der Waals surface area contributed by atoms with E-state index in [0.29, 0.717) is 39.3 Å². The molecule has 0 bridgehead atoms. The summed E-state index contributed by atoms with van der Waals surface area (Å²) in [5.74, 6) is -0.434. The zero-order valence-electron chi connectivity index (χ0n) is 17.4. The number of hydrogen-bond acceptors (Lipinski definition) is 7. The lowest BCUT2D eigenvalue weighted by molar-refractivity contribution is 0.0996. The van der Waals surface area contributed by atoms with Crippen LogP contribution in [0.3, 0.4) is 0 Å². The van der Waals surface area contributed by atoms with Gasteiger partial charge in [0.1, 0.15) is 5.69 Å². The molecule has 9 heteroatoms. The Kier molecular flexibility index (Phi) is 4.85. The van der Waals surface area contributed by atoms with E-state index in [1.807, 2.05) is 6.07 Å². The molecule has 5 rings (SSSR count). The van der Waals surface area contributed by atoms with E-state index >= 15 is 0 Å². The first-order chi connectivity index (χ1) is 15.5. The lowest BCUT2D eigenvalue weighted by Crippen LogP contribution is -2.22. The van der Waals surface area contributed by atoms with Gasteiger partial charge in [-0.1, -0.05) is 5.16 Å². The van der Waals surface area contributed by atoms with Crippen LogP contribution >= 0.6 is 0 Å². The molecule has 4 aromatic rings. The molecule has 0 unspecified atom stereocenters. The maximum Gasteiger partial charge on any atom is 0.259 e. The van der Waals surface area contributed by atoms with Crippen molar-refractivity contribution in [3.8, 4) is 11.5 Å². The summed E-state index contributed by atoms with van der Waals surface area (Å²) in [5, 5.41) is 7.45. The molecule has 1 aliphatic rings. The van der Waals surface area contributed by atoms with Crippen LogP contribution in [-0.4, -0.2) is 35.0 Å². The first-order valence-electron chi connectivity index (χ1n) is 10.3. The highest BCUT2D eigenvalue weighted by atomic mass is 16.5. The van der Waals surface area contributed by atoms with E-state index in [9.17, 15) is 9.59 Å². The van der Waals surface area contributed by atoms with Crippen molar-refractivity contribution >= 4 is 34.3 Å². The van der Waals surface area contributed by atoms with Crippen LogP contribution in [0.1, 0.15) is 39.3 Å². The third kappa shape index (κ3) is 3.47. The van der Waals surface area contributed by atoms with Crippen LogP contribution < -0.4 is 16.0 Å². The highest BCUT2D eigenvalue weighted by Gasteiger charge is 2.23. The smallest absolute Gasteiger partial charge is 0.259 e. The van der Waals surface area contributed by atoms with Crippen molar-refractivity contribution in [2.45, 2.75) is 19.8 Å². The lowest BCUT2D eigenvalue weighted by atomic mass is 10.1. The molecule has 0 saturated carbocycles. The molecule has 32 heavy (non-hydrogen) atoms. The van der Waals surface area contributed by atoms with Gasteiger partial charge in [0, 0.05) is 18.7 Å². The Balaban J connectivity index is 1.59. The van der Waals surface area contributed by atoms with E-state index < -0.39 is 5.91 Å². The molecule has 1 saturated heterocycles. The summed E-state index contributed by atoms with van der Waals surface area (Å²) in [5.41, 5.74) is 8.76. The van der Waals surface area contributed by atoms with Gasteiger partial charge in [0.2, 0.25) is 5.91 Å². The van der Waals surface area contributed by atoms with Gasteiger partial charge in [-0.15, -0.1) is 0 Å². The molecule has 0 atom stereocenters. The number of hydrogen-bond donors (Lipinski definition) is 2. The second kappa shape index (κ2) is 7.84. The molecule has 0 aliphatic carbocycles. The molecule has 1 aromatic carbocycles. The summed E-state index contributed by atoms with van der Waals surface area (Å²) in [6.45, 7) is 3.51. The monoisotopic (exact) mass is 431 g/mol. The molecule has 3 N–H and O–H groups in total. The Morgan fingerprint density at radius 1 is 1.16 bits per heavy atom. The summed E-state index contributed by atoms with van der Waals surface area (Å²) < 4.78 is 10.8. The number of fused-ring (bicyclic) bond motifs is 1. The van der Waals surface area contributed by atoms with E-state index in [1.54, 1.807) is 37.3 Å². The number of furan rings is 1. The van der Waals surface area contributed by atoms with E-state index in [0.717, 1.165) is 31.6 Å². The van der Waals surface area contributed by atoms with Gasteiger partial charge >= 0.3 is 0 Å². The van der Waals surface area contributed by atoms with E-state index in [2.05, 4.69) is 20.4 Å². The fourth-order valence-electron chi connectivity index (χ4n) is 4.04. The highest BCUT2D eigenvalue weighted by molar-refractivity contribution is 6.14. The number of nitrogens with zero attached hydrogens (tertiary/aromatic N) is 3. The molecule has 2 amide bonds. The van der Waals surface area contributed by atoms with Gasteiger partial charge in [-0.25, -0.2) is 4.98 Å². The van der Waals surface area contributed by atoms with Crippen LogP contribution in [0.15, 0.2) is 51.6 Å². The van der Waals surface area contributed by atoms with Crippen LogP contribution in [0, 0.1) is 6.92 Å². The Labute approximate surface area is 183 Å². The number of carbonyl (C=O) groups excluding carboxylic acids is 2. The van der Waals surface area contributed by atoms with Gasteiger partial charge in [-0.2, -0.15) is 0 Å². The van der Waals surface area contributed by atoms with Crippen molar-refractivity contribution in [3.05, 3.63) is 59.5 Å². The zero-order valence-corrected chi connectivity index (χ0v) is 17.4. The van der Waals surface area contributed by atoms with Crippen molar-refractivity contribution < 1.29 is 18.5 Å². The van der Waals surface area contributed by atoms with Gasteiger partial charge < -0.3 is 24.9 Å². The van der Waals surface area contributed by atoms with E-state index in [4.69, 9.17) is 14.7 Å². The minimum atomic E-state index is -0.560. The number of nitrogens with two attached hydrogens (primary N) is 1. The van der Waals surface area contributed by atoms with Crippen LogP contribution in [0.25, 0.3) is 22.6 Å². The van der Waals surface area contributed by atoms with E-state index in [-0.39, 0.29) is 11.6 Å². The normalized spacial score (nSPS) is 13.6. The topological polar surface area (TPSA) is 127 Å². The van der Waals surface area contributed by atoms with Gasteiger partial charge in [0.15, 0.2) is 5.76 Å². The zero-order chi connectivity index (χ0) is 22.2. The molecule has 1 fully saturated rings. The van der Waals surface area contributed by atoms with Crippen LogP contribution in [0.2, 0.25) is 0 Å². The lowest BCUT2D eigenvalue weighted by Gasteiger charge is -2.22. The SMILES string of the molecule is Cc1noc2nc(-c3ccco3)cc(C(=O)Nc3cc(C(N)=O)ccc3N3CCCC3)c12. The number of primary amides is 1. The number of carbonyl (C=O) groups is 2. The number of aryl methyl sites for hydroxylation is 1. The second-order valence-corrected chi connectivity index (χ2v) is 7.72. The summed E-state index contributed by atoms with van der Waals surface area (Å²) in [7, 11) is 0. The van der Waals surface area contributed by atoms with E-state index in [1.165, 1.54) is 6.26 Å². The Bertz CT molecular complexity index is 1320. The standard InChI is InChI=1S/C23H21N5O4/c1-13-20-15(12-17(19-5-4-10-31-19)26-23(20)32-27-13)22(30)25-16-11-14(21(24)29)6-7-18(16)28-8-2-3-9-28/h4-7,10-12H,2-3,8-9H2,1H3,(H2,24,29)(H,25,30). The molecular weight excluding hydrogens is 410 g/mol. The van der Waals surface area contributed by atoms with Crippen molar-refractivity contribution in [3.63, 3.8) is 0 Å². The third-order valence-corrected chi connectivity index (χ3v) is 5.61. The fraction of sp³-hybridized carbons (Fsp3) is 0.217. The number of pyridine rings is 1. The average Bonchev–Trinajstić information content (AvgIpc) is 3.56. The van der Waals surface area contributed by atoms with Crippen LogP contribution in [0.5, 0.6) is 0 Å². The van der Waals surface area contributed by atoms with Crippen LogP contribution in [-0.2, 0) is 0 Å². The van der Waals surface area contributed by atoms with Crippen molar-refractivity contribution in [2.75, 3.05) is 23.3 Å². The second-order valence-electron chi connectivity index (χ2n) is 7.72. The molecule has 0 spiro atoms. The number of anilines is 2. The number of nitrogens with one attached hydrogen (secondary N) is 1. The predicted octanol–water partition coefficient (Wildman–Crippen LogP) is 3.74. The summed E-state index contributed by atoms with van der Waals surface area (Å²) >= 11 is 0. The number of rotatable bonds is 5. The predicted molar refractivity (Wildman–Crippen MR) is 119 cm³/mol. The quantitative estimate of drug-likeness (QED) is 0.493. The molecular formula is C23H21N5O4. The van der Waals surface area contributed by atoms with Gasteiger partial charge in [0.25, 0.3) is 11.6 Å². The number of benzene rings is 1. The Hall–Kier alpha value is -4.14. The van der Waals surface area contributed by atoms with Crippen LogP contribution in [0.4, 0.5) is 11.4 Å². The molecule has 3 aromatic heterocycles. The Morgan fingerprint density at radius 2 is 1.97 bits per heavy atom. The highest BCUT2D eigenvalue weighted by Crippen LogP contribution is 2.32. The first kappa shape index (κ1) is 19.8. The summed E-state index contributed by atoms with van der Waals surface area (Å²) in [4.78, 5) is 31.8. The summed E-state index contributed by atoms with van der Waals surface area (Å²) in [6, 6.07) is 10.2. The average molecular weight is 431 g/mol. The van der Waals surface area contributed by atoms with Gasteiger partial charge in [-0.3, -0.25) is 9.59 Å². The maximum atomic E-state index is 13.5. The molecule has 9 nitrogen and oxygen atoms in total. The third-order valence-electron chi connectivity index (χ3n) is 5.61. The van der Waals surface area contributed by atoms with Gasteiger partial charge in [0.05, 0.1) is 34.3 Å². The maximum absolute atomic E-state index is 13.5. The number of aromatic nitrogens is 2. The number of amides is 2. The molecule has 162 valence electrons. The first-order valence-corrected chi connectivity index (χ1v) is 10.3. The summed E-state index contributed by atoms with van der Waals surface area (Å²) in [6.07, 6.45) is 3.68. The molecule has 1 aliphatic heterocycles. The van der Waals surface area contributed by atoms with Crippen molar-refractivity contribution in [1.82, 2.24) is 10.1 Å². The minimum Gasteiger partial charge on any atom is -0.463 e. The van der Waals surface area contributed by atoms with Gasteiger partial charge in [-0.05, 0) is 56.2 Å². The largest absolute Gasteiger partial charge is 0.463 e. The Morgan fingerprint density at radius 3 is 2.69 bits per heavy atom. The molecule has 0 radical (unpaired) electrons.